The van der Waals surface area contributed by atoms with Crippen molar-refractivity contribution in [2.24, 2.45) is 0 Å². The molecule has 1 heterocycles. The van der Waals surface area contributed by atoms with Gasteiger partial charge >= 0.3 is 6.09 Å². The van der Waals surface area contributed by atoms with Crippen molar-refractivity contribution in [2.75, 3.05) is 19.7 Å². The number of hydrogen-bond acceptors (Lipinski definition) is 3. The van der Waals surface area contributed by atoms with Gasteiger partial charge in [-0.1, -0.05) is 66.7 Å². The molecule has 3 aromatic carbocycles. The first-order valence-corrected chi connectivity index (χ1v) is 10.6. The highest BCUT2D eigenvalue weighted by atomic mass is 16.6. The molecule has 1 amide bonds. The minimum atomic E-state index is -0.248. The molecule has 4 rings (SSSR count). The van der Waals surface area contributed by atoms with Gasteiger partial charge in [0, 0.05) is 30.1 Å². The van der Waals surface area contributed by atoms with Crippen molar-refractivity contribution in [3.8, 4) is 11.5 Å². The third-order valence-electron chi connectivity index (χ3n) is 5.54. The van der Waals surface area contributed by atoms with Crippen molar-refractivity contribution in [1.29, 1.82) is 0 Å². The molecule has 0 saturated carbocycles. The predicted octanol–water partition coefficient (Wildman–Crippen LogP) is 6.02. The van der Waals surface area contributed by atoms with E-state index in [2.05, 4.69) is 24.3 Å². The van der Waals surface area contributed by atoms with Crippen LogP contribution < -0.4 is 4.74 Å². The van der Waals surface area contributed by atoms with Crippen molar-refractivity contribution in [3.05, 3.63) is 95.6 Å². The minimum Gasteiger partial charge on any atom is -0.457 e. The number of hydrogen-bond donors (Lipinski definition) is 0. The van der Waals surface area contributed by atoms with Crippen LogP contribution in [0.3, 0.4) is 0 Å². The Morgan fingerprint density at radius 2 is 1.47 bits per heavy atom. The summed E-state index contributed by atoms with van der Waals surface area (Å²) in [5.41, 5.74) is 3.56. The predicted molar refractivity (Wildman–Crippen MR) is 118 cm³/mol. The zero-order valence-corrected chi connectivity index (χ0v) is 17.3. The third kappa shape index (κ3) is 4.48. The molecule has 0 fully saturated rings. The topological polar surface area (TPSA) is 38.8 Å². The Hall–Kier alpha value is -3.27. The maximum absolute atomic E-state index is 12.6. The molecule has 1 aliphatic rings. The van der Waals surface area contributed by atoms with E-state index in [-0.39, 0.29) is 12.0 Å². The molecule has 0 bridgehead atoms. The maximum Gasteiger partial charge on any atom is 0.409 e. The lowest BCUT2D eigenvalue weighted by Gasteiger charge is -2.30. The van der Waals surface area contributed by atoms with E-state index in [1.807, 2.05) is 66.4 Å². The fourth-order valence-corrected chi connectivity index (χ4v) is 4.02. The summed E-state index contributed by atoms with van der Waals surface area (Å²) in [6.07, 6.45) is 1.37. The number of carbonyl (C=O) groups excluding carboxylic acids is 1. The lowest BCUT2D eigenvalue weighted by atomic mass is 9.85. The molecule has 0 atom stereocenters. The second-order valence-corrected chi connectivity index (χ2v) is 7.44. The zero-order valence-electron chi connectivity index (χ0n) is 17.3. The van der Waals surface area contributed by atoms with Gasteiger partial charge in [-0.2, -0.15) is 0 Å². The van der Waals surface area contributed by atoms with Crippen LogP contribution >= 0.6 is 0 Å². The Kier molecular flexibility index (Phi) is 6.33. The molecule has 30 heavy (non-hydrogen) atoms. The van der Waals surface area contributed by atoms with Crippen LogP contribution in [0.15, 0.2) is 78.9 Å². The second kappa shape index (κ2) is 9.49. The molecule has 4 nitrogen and oxygen atoms in total. The van der Waals surface area contributed by atoms with Crippen LogP contribution in [0.1, 0.15) is 36.0 Å². The summed E-state index contributed by atoms with van der Waals surface area (Å²) in [6.45, 7) is 3.48. The average Bonchev–Trinajstić information content (AvgIpc) is 2.79. The molecule has 0 aliphatic carbocycles. The number of rotatable bonds is 7. The molecule has 154 valence electrons. The fraction of sp³-hybridized carbons (Fsp3) is 0.269. The number of fused-ring (bicyclic) bond motifs is 2. The normalized spacial score (nSPS) is 12.4. The van der Waals surface area contributed by atoms with Gasteiger partial charge in [-0.25, -0.2) is 4.79 Å². The molecule has 0 aromatic heterocycles. The van der Waals surface area contributed by atoms with Crippen molar-refractivity contribution in [1.82, 2.24) is 4.90 Å². The molecule has 0 unspecified atom stereocenters. The monoisotopic (exact) mass is 401 g/mol. The van der Waals surface area contributed by atoms with Crippen molar-refractivity contribution in [3.63, 3.8) is 0 Å². The first-order chi connectivity index (χ1) is 14.8. The summed E-state index contributed by atoms with van der Waals surface area (Å²) in [5.74, 6) is 1.97. The van der Waals surface area contributed by atoms with Gasteiger partial charge in [-0.15, -0.1) is 0 Å². The Bertz CT molecular complexity index is 941. The number of carbonyl (C=O) groups is 1. The Morgan fingerprint density at radius 1 is 0.867 bits per heavy atom. The quantitative estimate of drug-likeness (QED) is 0.486. The van der Waals surface area contributed by atoms with Gasteiger partial charge in [-0.05, 0) is 37.5 Å². The Balaban J connectivity index is 1.52. The van der Waals surface area contributed by atoms with Crippen molar-refractivity contribution in [2.45, 2.75) is 25.7 Å². The van der Waals surface area contributed by atoms with Crippen LogP contribution in [0.2, 0.25) is 0 Å². The number of amides is 1. The van der Waals surface area contributed by atoms with E-state index < -0.39 is 0 Å². The summed E-state index contributed by atoms with van der Waals surface area (Å²) >= 11 is 0. The van der Waals surface area contributed by atoms with E-state index in [1.165, 1.54) is 16.7 Å². The van der Waals surface area contributed by atoms with Gasteiger partial charge in [0.05, 0.1) is 6.61 Å². The molecule has 0 saturated heterocycles. The van der Waals surface area contributed by atoms with E-state index in [0.717, 1.165) is 24.3 Å². The summed E-state index contributed by atoms with van der Waals surface area (Å²) < 4.78 is 11.4. The highest BCUT2D eigenvalue weighted by Crippen LogP contribution is 2.45. The Labute approximate surface area is 178 Å². The standard InChI is InChI=1S/C26H27NO3/c1-2-29-26(28)27(18-16-20-10-4-3-5-11-20)19-17-21-22-12-6-8-14-24(22)30-25-15-9-7-13-23(21)25/h3-15,21H,2,16-19H2,1H3. The fourth-order valence-electron chi connectivity index (χ4n) is 4.02. The smallest absolute Gasteiger partial charge is 0.409 e. The molecule has 0 spiro atoms. The molecule has 0 N–H and O–H groups in total. The van der Waals surface area contributed by atoms with Crippen LogP contribution in [0.25, 0.3) is 0 Å². The van der Waals surface area contributed by atoms with Crippen LogP contribution in [-0.2, 0) is 11.2 Å². The molecular weight excluding hydrogens is 374 g/mol. The molecule has 4 heteroatoms. The van der Waals surface area contributed by atoms with Crippen LogP contribution in [0, 0.1) is 0 Å². The molecule has 3 aromatic rings. The van der Waals surface area contributed by atoms with Gasteiger partial charge in [0.25, 0.3) is 0 Å². The SMILES string of the molecule is CCOC(=O)N(CCc1ccccc1)CCC1c2ccccc2Oc2ccccc21. The number of nitrogens with zero attached hydrogens (tertiary/aromatic N) is 1. The number of ether oxygens (including phenoxy) is 2. The van der Waals surface area contributed by atoms with E-state index in [1.54, 1.807) is 0 Å². The van der Waals surface area contributed by atoms with Crippen molar-refractivity contribution < 1.29 is 14.3 Å². The van der Waals surface area contributed by atoms with E-state index >= 15 is 0 Å². The van der Waals surface area contributed by atoms with Gasteiger partial charge in [0.15, 0.2) is 0 Å². The van der Waals surface area contributed by atoms with Gasteiger partial charge in [-0.3, -0.25) is 0 Å². The Morgan fingerprint density at radius 3 is 2.10 bits per heavy atom. The molecule has 1 aliphatic heterocycles. The highest BCUT2D eigenvalue weighted by molar-refractivity contribution is 5.67. The highest BCUT2D eigenvalue weighted by Gasteiger charge is 2.28. The minimum absolute atomic E-state index is 0.180. The summed E-state index contributed by atoms with van der Waals surface area (Å²) in [6, 6.07) is 26.6. The molecule has 0 radical (unpaired) electrons. The van der Waals surface area contributed by atoms with Gasteiger partial charge in [0.1, 0.15) is 11.5 Å². The largest absolute Gasteiger partial charge is 0.457 e. The van der Waals surface area contributed by atoms with Crippen LogP contribution in [0.4, 0.5) is 4.79 Å². The average molecular weight is 402 g/mol. The van der Waals surface area contributed by atoms with Crippen LogP contribution in [-0.4, -0.2) is 30.7 Å². The van der Waals surface area contributed by atoms with Crippen molar-refractivity contribution >= 4 is 6.09 Å². The van der Waals surface area contributed by atoms with E-state index in [9.17, 15) is 4.79 Å². The maximum atomic E-state index is 12.6. The van der Waals surface area contributed by atoms with E-state index in [4.69, 9.17) is 9.47 Å². The van der Waals surface area contributed by atoms with Gasteiger partial charge < -0.3 is 14.4 Å². The zero-order chi connectivity index (χ0) is 20.8. The third-order valence-corrected chi connectivity index (χ3v) is 5.54. The number of para-hydroxylation sites is 2. The summed E-state index contributed by atoms with van der Waals surface area (Å²) in [4.78, 5) is 14.4. The van der Waals surface area contributed by atoms with E-state index in [0.29, 0.717) is 19.7 Å². The van der Waals surface area contributed by atoms with Gasteiger partial charge in [0.2, 0.25) is 0 Å². The lowest BCUT2D eigenvalue weighted by Crippen LogP contribution is -2.35. The number of benzene rings is 3. The summed E-state index contributed by atoms with van der Waals surface area (Å²) in [7, 11) is 0. The second-order valence-electron chi connectivity index (χ2n) is 7.44. The summed E-state index contributed by atoms with van der Waals surface area (Å²) in [5, 5.41) is 0. The lowest BCUT2D eigenvalue weighted by molar-refractivity contribution is 0.106. The van der Waals surface area contributed by atoms with Crippen LogP contribution in [0.5, 0.6) is 11.5 Å². The first kappa shape index (κ1) is 20.0. The first-order valence-electron chi connectivity index (χ1n) is 10.6. The molecular formula is C26H27NO3.